The van der Waals surface area contributed by atoms with Crippen LogP contribution in [-0.4, -0.2) is 22.7 Å². The topological polar surface area (TPSA) is 75.3 Å². The van der Waals surface area contributed by atoms with Crippen LogP contribution in [0.1, 0.15) is 40.2 Å². The molecule has 1 unspecified atom stereocenters. The van der Waals surface area contributed by atoms with Gasteiger partial charge < -0.3 is 16.2 Å². The van der Waals surface area contributed by atoms with Gasteiger partial charge in [-0.1, -0.05) is 12.1 Å². The molecule has 1 rings (SSSR count). The van der Waals surface area contributed by atoms with Gasteiger partial charge in [-0.05, 0) is 52.3 Å². The number of nitrogens with one attached hydrogen (secondary N) is 1. The highest BCUT2D eigenvalue weighted by Crippen LogP contribution is 2.25. The third-order valence-corrected chi connectivity index (χ3v) is 3.68. The Kier molecular flexibility index (Phi) is 4.25. The zero-order valence-corrected chi connectivity index (χ0v) is 12.3. The van der Waals surface area contributed by atoms with Gasteiger partial charge in [0.1, 0.15) is 0 Å². The molecule has 1 amide bonds. The van der Waals surface area contributed by atoms with Crippen molar-refractivity contribution >= 4 is 11.6 Å². The maximum atomic E-state index is 12.4. The van der Waals surface area contributed by atoms with Crippen molar-refractivity contribution in [1.82, 2.24) is 5.32 Å². The summed E-state index contributed by atoms with van der Waals surface area (Å²) in [7, 11) is 0. The predicted molar refractivity (Wildman–Crippen MR) is 77.8 cm³/mol. The lowest BCUT2D eigenvalue weighted by molar-refractivity contribution is -0.128. The number of hydrogen-bond donors (Lipinski definition) is 3. The minimum absolute atomic E-state index is 0.122. The molecule has 19 heavy (non-hydrogen) atoms. The summed E-state index contributed by atoms with van der Waals surface area (Å²) in [5.74, 6) is -0.122. The molecule has 0 fully saturated rings. The number of carbonyl (C=O) groups is 1. The average molecular weight is 264 g/mol. The fraction of sp³-hybridized carbons (Fsp3) is 0.533. The van der Waals surface area contributed by atoms with Gasteiger partial charge in [0.15, 0.2) is 0 Å². The smallest absolute Gasteiger partial charge is 0.230 e. The van der Waals surface area contributed by atoms with Gasteiger partial charge in [-0.3, -0.25) is 4.79 Å². The molecule has 0 saturated carbocycles. The number of hydrogen-bond acceptors (Lipinski definition) is 3. The number of aliphatic hydroxyl groups excluding tert-OH is 1. The fourth-order valence-corrected chi connectivity index (χ4v) is 1.58. The van der Waals surface area contributed by atoms with Crippen LogP contribution in [0.3, 0.4) is 0 Å². The summed E-state index contributed by atoms with van der Waals surface area (Å²) in [4.78, 5) is 12.4. The molecular formula is C15H24N2O2. The maximum absolute atomic E-state index is 12.4. The van der Waals surface area contributed by atoms with Crippen molar-refractivity contribution in [1.29, 1.82) is 0 Å². The molecule has 1 atom stereocenters. The van der Waals surface area contributed by atoms with Crippen LogP contribution in [0.2, 0.25) is 0 Å². The van der Waals surface area contributed by atoms with Crippen molar-refractivity contribution in [2.24, 2.45) is 0 Å². The Hall–Kier alpha value is -1.55. The number of benzene rings is 1. The Labute approximate surface area is 115 Å². The SMILES string of the molecule is CC(O)C(C)(C)NC(=O)C(C)(C)c1ccc(N)cc1. The molecule has 0 heterocycles. The second kappa shape index (κ2) is 5.21. The number of anilines is 1. The third-order valence-electron chi connectivity index (χ3n) is 3.68. The highest BCUT2D eigenvalue weighted by atomic mass is 16.3. The molecule has 106 valence electrons. The summed E-state index contributed by atoms with van der Waals surface area (Å²) >= 11 is 0. The molecule has 0 aliphatic rings. The van der Waals surface area contributed by atoms with Crippen molar-refractivity contribution < 1.29 is 9.90 Å². The largest absolute Gasteiger partial charge is 0.399 e. The van der Waals surface area contributed by atoms with E-state index in [0.29, 0.717) is 5.69 Å². The van der Waals surface area contributed by atoms with Crippen LogP contribution >= 0.6 is 0 Å². The Morgan fingerprint density at radius 1 is 1.21 bits per heavy atom. The van der Waals surface area contributed by atoms with E-state index in [1.807, 2.05) is 26.0 Å². The molecule has 0 radical (unpaired) electrons. The normalized spacial score (nSPS) is 14.0. The first-order valence-electron chi connectivity index (χ1n) is 6.44. The van der Waals surface area contributed by atoms with Crippen LogP contribution < -0.4 is 11.1 Å². The number of nitrogens with two attached hydrogens (primary N) is 1. The van der Waals surface area contributed by atoms with Gasteiger partial charge >= 0.3 is 0 Å². The maximum Gasteiger partial charge on any atom is 0.230 e. The Morgan fingerprint density at radius 2 is 1.68 bits per heavy atom. The Bertz CT molecular complexity index is 448. The molecule has 4 nitrogen and oxygen atoms in total. The van der Waals surface area contributed by atoms with Gasteiger partial charge in [0.2, 0.25) is 5.91 Å². The van der Waals surface area contributed by atoms with Crippen LogP contribution in [-0.2, 0) is 10.2 Å². The zero-order chi connectivity index (χ0) is 14.8. The van der Waals surface area contributed by atoms with Crippen LogP contribution in [0.4, 0.5) is 5.69 Å². The lowest BCUT2D eigenvalue weighted by atomic mass is 9.82. The summed E-state index contributed by atoms with van der Waals surface area (Å²) in [6.45, 7) is 8.97. The van der Waals surface area contributed by atoms with E-state index in [4.69, 9.17) is 5.73 Å². The zero-order valence-electron chi connectivity index (χ0n) is 12.3. The van der Waals surface area contributed by atoms with E-state index < -0.39 is 17.1 Å². The molecule has 4 N–H and O–H groups in total. The first-order valence-corrected chi connectivity index (χ1v) is 6.44. The molecular weight excluding hydrogens is 240 g/mol. The van der Waals surface area contributed by atoms with Gasteiger partial charge in [0.25, 0.3) is 0 Å². The number of nitrogen functional groups attached to an aromatic ring is 1. The first-order chi connectivity index (χ1) is 8.57. The average Bonchev–Trinajstić information content (AvgIpc) is 2.28. The Morgan fingerprint density at radius 3 is 2.11 bits per heavy atom. The van der Waals surface area contributed by atoms with E-state index in [-0.39, 0.29) is 5.91 Å². The van der Waals surface area contributed by atoms with E-state index in [9.17, 15) is 9.90 Å². The number of amides is 1. The minimum atomic E-state index is -0.681. The van der Waals surface area contributed by atoms with E-state index in [1.165, 1.54) is 0 Å². The minimum Gasteiger partial charge on any atom is -0.399 e. The number of carbonyl (C=O) groups excluding carboxylic acids is 1. The Balaban J connectivity index is 2.94. The number of aliphatic hydroxyl groups is 1. The van der Waals surface area contributed by atoms with E-state index in [1.54, 1.807) is 32.9 Å². The van der Waals surface area contributed by atoms with Crippen LogP contribution in [0, 0.1) is 0 Å². The van der Waals surface area contributed by atoms with Crippen molar-refractivity contribution in [3.63, 3.8) is 0 Å². The molecule has 0 bridgehead atoms. The third kappa shape index (κ3) is 3.47. The summed E-state index contributed by atoms with van der Waals surface area (Å²) in [5.41, 5.74) is 5.87. The summed E-state index contributed by atoms with van der Waals surface area (Å²) in [6.07, 6.45) is -0.626. The van der Waals surface area contributed by atoms with Crippen LogP contribution in [0.25, 0.3) is 0 Å². The van der Waals surface area contributed by atoms with Gasteiger partial charge in [0, 0.05) is 5.69 Å². The van der Waals surface area contributed by atoms with Gasteiger partial charge in [-0.15, -0.1) is 0 Å². The predicted octanol–water partition coefficient (Wildman–Crippen LogP) is 1.82. The lowest BCUT2D eigenvalue weighted by Crippen LogP contribution is -2.55. The standard InChI is InChI=1S/C15H24N2O2/c1-10(18)15(4,5)17-13(19)14(2,3)11-6-8-12(16)9-7-11/h6-10,18H,16H2,1-5H3,(H,17,19). The summed E-state index contributed by atoms with van der Waals surface area (Å²) in [6, 6.07) is 7.27. The highest BCUT2D eigenvalue weighted by Gasteiger charge is 2.35. The molecule has 1 aromatic rings. The molecule has 4 heteroatoms. The van der Waals surface area contributed by atoms with Gasteiger partial charge in [0.05, 0.1) is 17.1 Å². The summed E-state index contributed by atoms with van der Waals surface area (Å²) in [5, 5.41) is 12.6. The van der Waals surface area contributed by atoms with Crippen molar-refractivity contribution in [3.05, 3.63) is 29.8 Å². The summed E-state index contributed by atoms with van der Waals surface area (Å²) < 4.78 is 0. The van der Waals surface area contributed by atoms with E-state index in [2.05, 4.69) is 5.32 Å². The van der Waals surface area contributed by atoms with Gasteiger partial charge in [-0.2, -0.15) is 0 Å². The van der Waals surface area contributed by atoms with Crippen molar-refractivity contribution in [2.45, 2.75) is 51.7 Å². The molecule has 0 aliphatic heterocycles. The molecule has 0 aromatic heterocycles. The van der Waals surface area contributed by atoms with E-state index in [0.717, 1.165) is 5.56 Å². The molecule has 0 spiro atoms. The van der Waals surface area contributed by atoms with E-state index >= 15 is 0 Å². The van der Waals surface area contributed by atoms with Crippen molar-refractivity contribution in [2.75, 3.05) is 5.73 Å². The second-order valence-electron chi connectivity index (χ2n) is 6.10. The quantitative estimate of drug-likeness (QED) is 0.726. The molecule has 0 saturated heterocycles. The molecule has 1 aromatic carbocycles. The molecule has 0 aliphatic carbocycles. The lowest BCUT2D eigenvalue weighted by Gasteiger charge is -2.34. The van der Waals surface area contributed by atoms with Gasteiger partial charge in [-0.25, -0.2) is 0 Å². The highest BCUT2D eigenvalue weighted by molar-refractivity contribution is 5.88. The van der Waals surface area contributed by atoms with Crippen molar-refractivity contribution in [3.8, 4) is 0 Å². The van der Waals surface area contributed by atoms with Crippen LogP contribution in [0.15, 0.2) is 24.3 Å². The monoisotopic (exact) mass is 264 g/mol. The second-order valence-corrected chi connectivity index (χ2v) is 6.10. The number of rotatable bonds is 4. The van der Waals surface area contributed by atoms with Crippen LogP contribution in [0.5, 0.6) is 0 Å². The fourth-order valence-electron chi connectivity index (χ4n) is 1.58. The first kappa shape index (κ1) is 15.5.